The Kier molecular flexibility index (Phi) is 5.34. The van der Waals surface area contributed by atoms with Gasteiger partial charge < -0.3 is 34.9 Å². The number of fused-ring (bicyclic) bond motifs is 2. The predicted octanol–water partition coefficient (Wildman–Crippen LogP) is 2.45. The Bertz CT molecular complexity index is 1200. The molecule has 0 radical (unpaired) electrons. The second kappa shape index (κ2) is 8.79. The van der Waals surface area contributed by atoms with E-state index in [-0.39, 0.29) is 6.79 Å². The number of benzene rings is 2. The van der Waals surface area contributed by atoms with E-state index >= 15 is 0 Å². The molecule has 0 spiro atoms. The van der Waals surface area contributed by atoms with E-state index in [4.69, 9.17) is 24.7 Å². The zero-order valence-electron chi connectivity index (χ0n) is 18.7. The van der Waals surface area contributed by atoms with Crippen molar-refractivity contribution in [2.75, 3.05) is 55.7 Å². The van der Waals surface area contributed by atoms with Crippen LogP contribution in [0, 0.1) is 0 Å². The topological polar surface area (TPSA) is 107 Å². The fourth-order valence-corrected chi connectivity index (χ4v) is 4.43. The fourth-order valence-electron chi connectivity index (χ4n) is 4.43. The van der Waals surface area contributed by atoms with Crippen molar-refractivity contribution in [3.63, 3.8) is 0 Å². The van der Waals surface area contributed by atoms with Crippen LogP contribution in [0.3, 0.4) is 0 Å². The van der Waals surface area contributed by atoms with Gasteiger partial charge in [-0.3, -0.25) is 4.90 Å². The maximum Gasteiger partial charge on any atom is 0.231 e. The summed E-state index contributed by atoms with van der Waals surface area (Å²) in [6.07, 6.45) is 1.56. The van der Waals surface area contributed by atoms with E-state index in [0.29, 0.717) is 24.8 Å². The summed E-state index contributed by atoms with van der Waals surface area (Å²) in [4.78, 5) is 13.5. The van der Waals surface area contributed by atoms with Gasteiger partial charge in [0.25, 0.3) is 0 Å². The monoisotopic (exact) mass is 462 g/mol. The van der Waals surface area contributed by atoms with Crippen molar-refractivity contribution in [2.45, 2.75) is 13.1 Å². The Balaban J connectivity index is 1.07. The average Bonchev–Trinajstić information content (AvgIpc) is 3.53. The smallest absolute Gasteiger partial charge is 0.231 e. The summed E-state index contributed by atoms with van der Waals surface area (Å²) >= 11 is 0. The molecule has 10 heteroatoms. The first kappa shape index (κ1) is 20.7. The second-order valence-electron chi connectivity index (χ2n) is 8.45. The van der Waals surface area contributed by atoms with Crippen molar-refractivity contribution in [3.05, 3.63) is 53.9 Å². The number of hydrogen-bond acceptors (Lipinski definition) is 10. The molecule has 2 aromatic carbocycles. The summed E-state index contributed by atoms with van der Waals surface area (Å²) in [5, 5.41) is 3.33. The molecule has 0 aliphatic carbocycles. The lowest BCUT2D eigenvalue weighted by molar-refractivity contribution is 0.173. The van der Waals surface area contributed by atoms with Gasteiger partial charge in [0.05, 0.1) is 0 Å². The first-order chi connectivity index (χ1) is 16.7. The van der Waals surface area contributed by atoms with Crippen molar-refractivity contribution in [1.82, 2.24) is 14.9 Å². The quantitative estimate of drug-likeness (QED) is 0.567. The summed E-state index contributed by atoms with van der Waals surface area (Å²) in [5.41, 5.74) is 9.30. The van der Waals surface area contributed by atoms with Crippen LogP contribution >= 0.6 is 0 Å². The van der Waals surface area contributed by atoms with E-state index in [9.17, 15) is 0 Å². The van der Waals surface area contributed by atoms with E-state index in [1.807, 2.05) is 24.3 Å². The molecule has 3 aliphatic heterocycles. The largest absolute Gasteiger partial charge is 0.454 e. The van der Waals surface area contributed by atoms with E-state index in [1.54, 1.807) is 6.33 Å². The molecule has 1 aromatic heterocycles. The van der Waals surface area contributed by atoms with Gasteiger partial charge in [-0.25, -0.2) is 9.97 Å². The van der Waals surface area contributed by atoms with E-state index in [1.165, 1.54) is 5.56 Å². The molecule has 0 saturated carbocycles. The Morgan fingerprint density at radius 3 is 2.18 bits per heavy atom. The number of anilines is 3. The Morgan fingerprint density at radius 2 is 1.44 bits per heavy atom. The molecule has 4 heterocycles. The van der Waals surface area contributed by atoms with Crippen LogP contribution in [0.2, 0.25) is 0 Å². The second-order valence-corrected chi connectivity index (χ2v) is 8.45. The highest BCUT2D eigenvalue weighted by Gasteiger charge is 2.22. The first-order valence-electron chi connectivity index (χ1n) is 11.3. The van der Waals surface area contributed by atoms with Gasteiger partial charge in [-0.05, 0) is 35.4 Å². The molecule has 3 aromatic rings. The number of ether oxygens (including phenoxy) is 4. The molecule has 10 nitrogen and oxygen atoms in total. The van der Waals surface area contributed by atoms with Gasteiger partial charge in [0.1, 0.15) is 12.0 Å². The molecule has 176 valence electrons. The van der Waals surface area contributed by atoms with Gasteiger partial charge in [0, 0.05) is 39.3 Å². The van der Waals surface area contributed by atoms with E-state index < -0.39 is 0 Å². The highest BCUT2D eigenvalue weighted by Crippen LogP contribution is 2.34. The van der Waals surface area contributed by atoms with E-state index in [0.717, 1.165) is 67.1 Å². The van der Waals surface area contributed by atoms with Crippen molar-refractivity contribution in [2.24, 2.45) is 0 Å². The van der Waals surface area contributed by atoms with Crippen LogP contribution in [0.1, 0.15) is 11.1 Å². The molecular formula is C24H26N6O4. The number of nitrogens with zero attached hydrogens (tertiary/aromatic N) is 4. The van der Waals surface area contributed by atoms with Gasteiger partial charge in [-0.1, -0.05) is 12.1 Å². The third-order valence-corrected chi connectivity index (χ3v) is 6.27. The summed E-state index contributed by atoms with van der Waals surface area (Å²) in [6, 6.07) is 12.0. The van der Waals surface area contributed by atoms with Crippen molar-refractivity contribution < 1.29 is 18.9 Å². The highest BCUT2D eigenvalue weighted by atomic mass is 16.7. The van der Waals surface area contributed by atoms with Crippen molar-refractivity contribution in [3.8, 4) is 23.0 Å². The minimum Gasteiger partial charge on any atom is -0.454 e. The Labute approximate surface area is 197 Å². The normalized spacial score (nSPS) is 16.6. The van der Waals surface area contributed by atoms with Crippen LogP contribution in [-0.2, 0) is 13.1 Å². The number of piperazine rings is 1. The SMILES string of the molecule is Nc1c(NCc2ccc3c(c2)OCO3)ncnc1N1CCN(Cc2ccc3c(c2)OCO3)CC1. The van der Waals surface area contributed by atoms with Crippen molar-refractivity contribution in [1.29, 1.82) is 0 Å². The summed E-state index contributed by atoms with van der Waals surface area (Å²) in [7, 11) is 0. The van der Waals surface area contributed by atoms with Crippen LogP contribution in [0.5, 0.6) is 23.0 Å². The summed E-state index contributed by atoms with van der Waals surface area (Å²) in [6.45, 7) is 5.51. The van der Waals surface area contributed by atoms with E-state index in [2.05, 4.69) is 37.2 Å². The zero-order valence-corrected chi connectivity index (χ0v) is 18.7. The number of hydrogen-bond donors (Lipinski definition) is 2. The van der Waals surface area contributed by atoms with Gasteiger partial charge in [-0.2, -0.15) is 0 Å². The Morgan fingerprint density at radius 1 is 0.794 bits per heavy atom. The lowest BCUT2D eigenvalue weighted by Gasteiger charge is -2.36. The third-order valence-electron chi connectivity index (χ3n) is 6.27. The molecule has 6 rings (SSSR count). The maximum atomic E-state index is 6.47. The predicted molar refractivity (Wildman–Crippen MR) is 126 cm³/mol. The number of rotatable bonds is 6. The molecular weight excluding hydrogens is 436 g/mol. The minimum absolute atomic E-state index is 0.262. The molecule has 3 aliphatic rings. The van der Waals surface area contributed by atoms with Crippen LogP contribution in [0.25, 0.3) is 0 Å². The summed E-state index contributed by atoms with van der Waals surface area (Å²) in [5.74, 6) is 4.57. The fraction of sp³-hybridized carbons (Fsp3) is 0.333. The summed E-state index contributed by atoms with van der Waals surface area (Å²) < 4.78 is 21.7. The average molecular weight is 463 g/mol. The molecule has 0 unspecified atom stereocenters. The molecule has 1 saturated heterocycles. The first-order valence-corrected chi connectivity index (χ1v) is 11.3. The zero-order chi connectivity index (χ0) is 22.9. The highest BCUT2D eigenvalue weighted by molar-refractivity contribution is 5.75. The molecule has 1 fully saturated rings. The number of nitrogen functional groups attached to an aromatic ring is 1. The number of nitrogens with one attached hydrogen (secondary N) is 1. The van der Waals surface area contributed by atoms with Crippen LogP contribution in [0.15, 0.2) is 42.7 Å². The molecule has 34 heavy (non-hydrogen) atoms. The molecule has 0 atom stereocenters. The standard InChI is InChI=1S/C24H26N6O4/c25-22-23(26-11-16-1-3-18-20(9-16)33-14-31-18)27-13-28-24(22)30-7-5-29(6-8-30)12-17-2-4-19-21(10-17)34-15-32-19/h1-4,9-10,13H,5-8,11-12,14-15,25H2,(H,26,27,28). The molecule has 0 bridgehead atoms. The third kappa shape index (κ3) is 4.08. The van der Waals surface area contributed by atoms with Gasteiger partial charge in [0.15, 0.2) is 34.6 Å². The maximum absolute atomic E-state index is 6.47. The van der Waals surface area contributed by atoms with Gasteiger partial charge in [-0.15, -0.1) is 0 Å². The van der Waals surface area contributed by atoms with Crippen LogP contribution in [-0.4, -0.2) is 54.6 Å². The molecule has 3 N–H and O–H groups in total. The van der Waals surface area contributed by atoms with Gasteiger partial charge in [0.2, 0.25) is 13.6 Å². The van der Waals surface area contributed by atoms with Crippen molar-refractivity contribution >= 4 is 17.3 Å². The minimum atomic E-state index is 0.262. The molecule has 0 amide bonds. The lowest BCUT2D eigenvalue weighted by Crippen LogP contribution is -2.46. The number of nitrogens with two attached hydrogens (primary N) is 1. The Hall–Kier alpha value is -3.92. The van der Waals surface area contributed by atoms with Crippen LogP contribution < -0.4 is 34.9 Å². The lowest BCUT2D eigenvalue weighted by atomic mass is 10.1. The number of aromatic nitrogens is 2. The van der Waals surface area contributed by atoms with Crippen LogP contribution in [0.4, 0.5) is 17.3 Å². The van der Waals surface area contributed by atoms with Gasteiger partial charge >= 0.3 is 0 Å².